The summed E-state index contributed by atoms with van der Waals surface area (Å²) >= 11 is 0. The number of nitro groups is 1. The molecule has 20 heavy (non-hydrogen) atoms. The molecule has 5 nitrogen and oxygen atoms in total. The number of ether oxygens (including phenoxy) is 1. The lowest BCUT2D eigenvalue weighted by Crippen LogP contribution is -2.03. The number of aliphatic hydroxyl groups excluding tert-OH is 1. The Morgan fingerprint density at radius 2 is 2.20 bits per heavy atom. The van der Waals surface area contributed by atoms with Crippen molar-refractivity contribution in [3.05, 3.63) is 46.5 Å². The molecule has 1 aromatic carbocycles. The Kier molecular flexibility index (Phi) is 6.73. The average Bonchev–Trinajstić information content (AvgIpc) is 2.42. The Labute approximate surface area is 119 Å². The highest BCUT2D eigenvalue weighted by Crippen LogP contribution is 2.29. The lowest BCUT2D eigenvalue weighted by atomic mass is 10.1. The minimum absolute atomic E-state index is 0.0424. The van der Waals surface area contributed by atoms with Gasteiger partial charge < -0.3 is 9.84 Å². The molecule has 0 aliphatic heterocycles. The van der Waals surface area contributed by atoms with E-state index in [-0.39, 0.29) is 5.69 Å². The van der Waals surface area contributed by atoms with E-state index in [4.69, 9.17) is 4.74 Å². The van der Waals surface area contributed by atoms with Crippen LogP contribution in [0.2, 0.25) is 0 Å². The third kappa shape index (κ3) is 5.01. The van der Waals surface area contributed by atoms with Crippen LogP contribution in [0.4, 0.5) is 5.69 Å². The molecule has 110 valence electrons. The molecule has 0 saturated carbocycles. The molecule has 0 bridgehead atoms. The Bertz CT molecular complexity index is 457. The summed E-state index contributed by atoms with van der Waals surface area (Å²) in [5.41, 5.74) is 0.407. The predicted octanol–water partition coefficient (Wildman–Crippen LogP) is 3.77. The molecule has 1 aromatic rings. The Morgan fingerprint density at radius 3 is 2.80 bits per heavy atom. The lowest BCUT2D eigenvalue weighted by Gasteiger charge is -2.13. The summed E-state index contributed by atoms with van der Waals surface area (Å²) in [5.74, 6) is 0.509. The molecule has 0 aliphatic carbocycles. The highest BCUT2D eigenvalue weighted by molar-refractivity contribution is 5.44. The van der Waals surface area contributed by atoms with Gasteiger partial charge in [0, 0.05) is 17.7 Å². The zero-order valence-corrected chi connectivity index (χ0v) is 11.7. The van der Waals surface area contributed by atoms with Crippen molar-refractivity contribution in [3.63, 3.8) is 0 Å². The van der Waals surface area contributed by atoms with Gasteiger partial charge in [0.05, 0.1) is 17.6 Å². The Hall–Kier alpha value is -1.88. The van der Waals surface area contributed by atoms with Crippen molar-refractivity contribution in [1.82, 2.24) is 0 Å². The first-order valence-corrected chi connectivity index (χ1v) is 6.76. The molecule has 0 radical (unpaired) electrons. The smallest absolute Gasteiger partial charge is 0.270 e. The largest absolute Gasteiger partial charge is 0.493 e. The van der Waals surface area contributed by atoms with Gasteiger partial charge in [-0.3, -0.25) is 10.1 Å². The van der Waals surface area contributed by atoms with Crippen molar-refractivity contribution in [1.29, 1.82) is 0 Å². The second-order valence-corrected chi connectivity index (χ2v) is 4.64. The van der Waals surface area contributed by atoms with Crippen molar-refractivity contribution < 1.29 is 14.8 Å². The van der Waals surface area contributed by atoms with Gasteiger partial charge in [0.2, 0.25) is 0 Å². The fraction of sp³-hybridized carbons (Fsp3) is 0.467. The second-order valence-electron chi connectivity index (χ2n) is 4.64. The number of nitro benzene ring substituents is 1. The van der Waals surface area contributed by atoms with Gasteiger partial charge in [0.15, 0.2) is 0 Å². The maximum atomic E-state index is 10.7. The Morgan fingerprint density at radius 1 is 1.45 bits per heavy atom. The van der Waals surface area contributed by atoms with E-state index in [9.17, 15) is 15.2 Å². The lowest BCUT2D eigenvalue weighted by molar-refractivity contribution is -0.385. The highest BCUT2D eigenvalue weighted by Gasteiger charge is 2.15. The van der Waals surface area contributed by atoms with Gasteiger partial charge in [-0.25, -0.2) is 0 Å². The average molecular weight is 279 g/mol. The van der Waals surface area contributed by atoms with Gasteiger partial charge >= 0.3 is 0 Å². The number of hydrogen-bond acceptors (Lipinski definition) is 4. The number of allylic oxidation sites excluding steroid dienone is 1. The van der Waals surface area contributed by atoms with Crippen LogP contribution in [0.3, 0.4) is 0 Å². The van der Waals surface area contributed by atoms with Crippen LogP contribution < -0.4 is 4.74 Å². The monoisotopic (exact) mass is 279 g/mol. The molecule has 0 fully saturated rings. The molecule has 0 spiro atoms. The molecule has 5 heteroatoms. The van der Waals surface area contributed by atoms with Crippen molar-refractivity contribution in [2.24, 2.45) is 0 Å². The number of aliphatic hydroxyl groups is 1. The standard InChI is InChI=1S/C15H21NO4/c1-3-4-5-6-7-10-20-15-9-8-13(16(18)19)11-14(15)12(2)17/h3,8-9,11-12,17H,1,4-7,10H2,2H3. The van der Waals surface area contributed by atoms with E-state index < -0.39 is 11.0 Å². The number of unbranched alkanes of at least 4 members (excludes halogenated alkanes) is 3. The number of nitrogens with zero attached hydrogens (tertiary/aromatic N) is 1. The zero-order chi connectivity index (χ0) is 15.0. The predicted molar refractivity (Wildman–Crippen MR) is 77.9 cm³/mol. The second kappa shape index (κ2) is 8.32. The maximum absolute atomic E-state index is 10.7. The number of benzene rings is 1. The van der Waals surface area contributed by atoms with Crippen LogP contribution in [0.15, 0.2) is 30.9 Å². The molecule has 0 heterocycles. The fourth-order valence-corrected chi connectivity index (χ4v) is 1.86. The quantitative estimate of drug-likeness (QED) is 0.323. The first kappa shape index (κ1) is 16.2. The maximum Gasteiger partial charge on any atom is 0.270 e. The molecule has 1 atom stereocenters. The van der Waals surface area contributed by atoms with E-state index >= 15 is 0 Å². The number of hydrogen-bond donors (Lipinski definition) is 1. The van der Waals surface area contributed by atoms with Crippen LogP contribution in [0.25, 0.3) is 0 Å². The molecule has 0 aromatic heterocycles. The van der Waals surface area contributed by atoms with Gasteiger partial charge in [-0.15, -0.1) is 6.58 Å². The first-order chi connectivity index (χ1) is 9.56. The van der Waals surface area contributed by atoms with Gasteiger partial charge in [-0.05, 0) is 38.7 Å². The third-order valence-electron chi connectivity index (χ3n) is 2.96. The molecule has 1 N–H and O–H groups in total. The normalized spacial score (nSPS) is 11.9. The number of rotatable bonds is 9. The highest BCUT2D eigenvalue weighted by atomic mass is 16.6. The van der Waals surface area contributed by atoms with Crippen molar-refractivity contribution in [2.45, 2.75) is 38.7 Å². The topological polar surface area (TPSA) is 72.6 Å². The molecule has 0 saturated heterocycles. The van der Waals surface area contributed by atoms with Crippen LogP contribution in [-0.4, -0.2) is 16.6 Å². The van der Waals surface area contributed by atoms with Crippen LogP contribution in [0, 0.1) is 10.1 Å². The Balaban J connectivity index is 2.60. The summed E-state index contributed by atoms with van der Waals surface area (Å²) in [4.78, 5) is 10.2. The fourth-order valence-electron chi connectivity index (χ4n) is 1.86. The van der Waals surface area contributed by atoms with Crippen LogP contribution in [0.1, 0.15) is 44.3 Å². The molecular formula is C15H21NO4. The SMILES string of the molecule is C=CCCCCCOc1ccc([N+](=O)[O-])cc1C(C)O. The summed E-state index contributed by atoms with van der Waals surface area (Å²) in [7, 11) is 0. The van der Waals surface area contributed by atoms with Gasteiger partial charge in [-0.1, -0.05) is 6.08 Å². The van der Waals surface area contributed by atoms with Gasteiger partial charge in [0.1, 0.15) is 5.75 Å². The zero-order valence-electron chi connectivity index (χ0n) is 11.7. The summed E-state index contributed by atoms with van der Waals surface area (Å²) in [6.07, 6.45) is 5.12. The van der Waals surface area contributed by atoms with E-state index in [1.165, 1.54) is 12.1 Å². The van der Waals surface area contributed by atoms with Crippen molar-refractivity contribution >= 4 is 5.69 Å². The van der Waals surface area contributed by atoms with E-state index in [0.29, 0.717) is 17.9 Å². The summed E-state index contributed by atoms with van der Waals surface area (Å²) in [6, 6.07) is 4.29. The van der Waals surface area contributed by atoms with Gasteiger partial charge in [-0.2, -0.15) is 0 Å². The summed E-state index contributed by atoms with van der Waals surface area (Å²) < 4.78 is 5.60. The molecule has 1 rings (SSSR count). The van der Waals surface area contributed by atoms with Crippen molar-refractivity contribution in [3.8, 4) is 5.75 Å². The third-order valence-corrected chi connectivity index (χ3v) is 2.96. The van der Waals surface area contributed by atoms with Gasteiger partial charge in [0.25, 0.3) is 5.69 Å². The number of non-ortho nitro benzene ring substituents is 1. The van der Waals surface area contributed by atoms with Crippen LogP contribution in [0.5, 0.6) is 5.75 Å². The van der Waals surface area contributed by atoms with Crippen molar-refractivity contribution in [2.75, 3.05) is 6.61 Å². The summed E-state index contributed by atoms with van der Waals surface area (Å²) in [6.45, 7) is 5.77. The van der Waals surface area contributed by atoms with E-state index in [1.807, 2.05) is 6.08 Å². The first-order valence-electron chi connectivity index (χ1n) is 6.76. The molecular weight excluding hydrogens is 258 g/mol. The summed E-state index contributed by atoms with van der Waals surface area (Å²) in [5, 5.41) is 20.4. The minimum Gasteiger partial charge on any atom is -0.493 e. The van der Waals surface area contributed by atoms with E-state index in [1.54, 1.807) is 13.0 Å². The molecule has 0 aliphatic rings. The van der Waals surface area contributed by atoms with Crippen LogP contribution >= 0.6 is 0 Å². The van der Waals surface area contributed by atoms with E-state index in [0.717, 1.165) is 25.7 Å². The molecule has 0 amide bonds. The van der Waals surface area contributed by atoms with Crippen LogP contribution in [-0.2, 0) is 0 Å². The van der Waals surface area contributed by atoms with E-state index in [2.05, 4.69) is 6.58 Å². The molecule has 1 unspecified atom stereocenters. The minimum atomic E-state index is -0.800.